The molecule has 1 aliphatic carbocycles. The zero-order valence-electron chi connectivity index (χ0n) is 10.8. The van der Waals surface area contributed by atoms with E-state index < -0.39 is 17.8 Å². The molecule has 1 N–H and O–H groups in total. The van der Waals surface area contributed by atoms with Crippen LogP contribution in [0, 0.1) is 5.92 Å². The van der Waals surface area contributed by atoms with Crippen LogP contribution < -0.4 is 0 Å². The number of carbonyl (C=O) groups is 2. The Balaban J connectivity index is 2.21. The Hall–Kier alpha value is -2.17. The summed E-state index contributed by atoms with van der Waals surface area (Å²) in [6.07, 6.45) is 6.39. The van der Waals surface area contributed by atoms with Crippen LogP contribution >= 0.6 is 0 Å². The summed E-state index contributed by atoms with van der Waals surface area (Å²) in [5.41, 5.74) is 0.505. The van der Waals surface area contributed by atoms with Crippen LogP contribution in [0.3, 0.4) is 0 Å². The number of allylic oxidation sites excluding steroid dienone is 4. The summed E-state index contributed by atoms with van der Waals surface area (Å²) in [6, 6.07) is 0. The molecule has 100 valence electrons. The molecule has 2 rings (SSSR count). The molecular weight excluding hydrogens is 246 g/mol. The van der Waals surface area contributed by atoms with Crippen molar-refractivity contribution in [3.05, 3.63) is 35.6 Å². The second-order valence-electron chi connectivity index (χ2n) is 4.64. The fourth-order valence-corrected chi connectivity index (χ4v) is 1.97. The lowest BCUT2D eigenvalue weighted by Gasteiger charge is -2.21. The van der Waals surface area contributed by atoms with Gasteiger partial charge in [0.15, 0.2) is 0 Å². The molecular formula is C14H15NO4. The maximum atomic E-state index is 11.8. The van der Waals surface area contributed by atoms with Gasteiger partial charge >= 0.3 is 5.97 Å². The van der Waals surface area contributed by atoms with E-state index in [1.165, 1.54) is 0 Å². The molecule has 0 bridgehead atoms. The van der Waals surface area contributed by atoms with Gasteiger partial charge in [-0.2, -0.15) is 0 Å². The molecule has 1 amide bonds. The smallest absolute Gasteiger partial charge is 0.310 e. The van der Waals surface area contributed by atoms with E-state index in [4.69, 9.17) is 4.74 Å². The maximum Gasteiger partial charge on any atom is 0.310 e. The van der Waals surface area contributed by atoms with E-state index in [2.05, 4.69) is 4.99 Å². The molecule has 2 aliphatic rings. The number of aliphatic hydroxyl groups is 1. The molecule has 0 fully saturated rings. The first-order valence-corrected chi connectivity index (χ1v) is 6.08. The molecule has 1 heterocycles. The third-order valence-electron chi connectivity index (χ3n) is 2.78. The number of ether oxygens (including phenoxy) is 1. The Bertz CT molecular complexity index is 538. The zero-order chi connectivity index (χ0) is 14.0. The summed E-state index contributed by atoms with van der Waals surface area (Å²) in [6.45, 7) is 3.44. The Morgan fingerprint density at radius 1 is 1.47 bits per heavy atom. The second-order valence-corrected chi connectivity index (χ2v) is 4.64. The highest BCUT2D eigenvalue weighted by Crippen LogP contribution is 2.27. The van der Waals surface area contributed by atoms with Crippen LogP contribution in [0.5, 0.6) is 0 Å². The molecule has 0 aromatic rings. The number of dihydropyridines is 1. The normalized spacial score (nSPS) is 21.5. The van der Waals surface area contributed by atoms with Crippen LogP contribution in [-0.4, -0.2) is 28.8 Å². The molecule has 5 heteroatoms. The number of hydrogen-bond donors (Lipinski definition) is 1. The highest BCUT2D eigenvalue weighted by Gasteiger charge is 2.31. The number of hydrogen-bond acceptors (Lipinski definition) is 4. The molecule has 19 heavy (non-hydrogen) atoms. The number of rotatable bonds is 3. The number of esters is 1. The molecule has 1 aliphatic heterocycles. The van der Waals surface area contributed by atoms with Crippen LogP contribution in [0.25, 0.3) is 0 Å². The number of aliphatic imine (C=N–C) groups is 1. The van der Waals surface area contributed by atoms with Crippen molar-refractivity contribution in [2.75, 3.05) is 0 Å². The van der Waals surface area contributed by atoms with E-state index in [0.717, 1.165) is 0 Å². The van der Waals surface area contributed by atoms with E-state index in [9.17, 15) is 14.7 Å². The molecule has 5 nitrogen and oxygen atoms in total. The van der Waals surface area contributed by atoms with Gasteiger partial charge in [-0.3, -0.25) is 9.59 Å². The zero-order valence-corrected chi connectivity index (χ0v) is 10.8. The van der Waals surface area contributed by atoms with E-state index >= 15 is 0 Å². The number of amides is 1. The van der Waals surface area contributed by atoms with Crippen molar-refractivity contribution >= 4 is 17.6 Å². The van der Waals surface area contributed by atoms with Gasteiger partial charge in [0.05, 0.1) is 29.7 Å². The first-order chi connectivity index (χ1) is 8.99. The minimum absolute atomic E-state index is 0.0133. The van der Waals surface area contributed by atoms with Gasteiger partial charge in [0.2, 0.25) is 0 Å². The highest BCUT2D eigenvalue weighted by atomic mass is 16.5. The van der Waals surface area contributed by atoms with Crippen LogP contribution in [0.15, 0.2) is 40.6 Å². The van der Waals surface area contributed by atoms with E-state index in [1.54, 1.807) is 38.2 Å². The summed E-state index contributed by atoms with van der Waals surface area (Å²) in [5, 5.41) is 10.1. The Kier molecular flexibility index (Phi) is 3.64. The van der Waals surface area contributed by atoms with E-state index in [1.807, 2.05) is 0 Å². The van der Waals surface area contributed by atoms with Crippen LogP contribution in [-0.2, 0) is 14.3 Å². The Labute approximate surface area is 111 Å². The lowest BCUT2D eigenvalue weighted by Crippen LogP contribution is -2.26. The van der Waals surface area contributed by atoms with Gasteiger partial charge in [-0.05, 0) is 19.9 Å². The van der Waals surface area contributed by atoms with Gasteiger partial charge < -0.3 is 9.84 Å². The predicted molar refractivity (Wildman–Crippen MR) is 69.7 cm³/mol. The number of fused-ring (bicyclic) bond motifs is 1. The van der Waals surface area contributed by atoms with E-state index in [-0.39, 0.29) is 23.9 Å². The fraction of sp³-hybridized carbons (Fsp3) is 0.357. The minimum Gasteiger partial charge on any atom is -0.511 e. The van der Waals surface area contributed by atoms with Crippen molar-refractivity contribution in [3.63, 3.8) is 0 Å². The highest BCUT2D eigenvalue weighted by molar-refractivity contribution is 6.14. The van der Waals surface area contributed by atoms with Gasteiger partial charge in [-0.1, -0.05) is 18.2 Å². The summed E-state index contributed by atoms with van der Waals surface area (Å²) in [5.74, 6) is -1.68. The van der Waals surface area contributed by atoms with Crippen molar-refractivity contribution in [1.82, 2.24) is 0 Å². The van der Waals surface area contributed by atoms with Gasteiger partial charge in [0.25, 0.3) is 5.91 Å². The standard InChI is InChI=1S/C14H15NO4/c1-8(2)19-12(16)7-10-13(17)9-5-3-4-6-11(9)15-14(10)18/h3-6,8-9,17H,7H2,1-2H3. The molecule has 0 aromatic heterocycles. The SMILES string of the molecule is CC(C)OC(=O)CC1=C(O)C2C=CC=CC2=NC1=O. The maximum absolute atomic E-state index is 11.8. The molecule has 0 radical (unpaired) electrons. The van der Waals surface area contributed by atoms with Crippen LogP contribution in [0.4, 0.5) is 0 Å². The van der Waals surface area contributed by atoms with Crippen molar-refractivity contribution in [2.24, 2.45) is 10.9 Å². The van der Waals surface area contributed by atoms with Gasteiger partial charge in [0, 0.05) is 0 Å². The van der Waals surface area contributed by atoms with Gasteiger partial charge in [-0.25, -0.2) is 4.99 Å². The number of aliphatic hydroxyl groups excluding tert-OH is 1. The van der Waals surface area contributed by atoms with Crippen LogP contribution in [0.1, 0.15) is 20.3 Å². The molecule has 1 atom stereocenters. The lowest BCUT2D eigenvalue weighted by molar-refractivity contribution is -0.147. The number of nitrogens with zero attached hydrogens (tertiary/aromatic N) is 1. The minimum atomic E-state index is -0.579. The molecule has 0 spiro atoms. The average Bonchev–Trinajstić information content (AvgIpc) is 2.33. The van der Waals surface area contributed by atoms with Crippen LogP contribution in [0.2, 0.25) is 0 Å². The predicted octanol–water partition coefficient (Wildman–Crippen LogP) is 1.86. The van der Waals surface area contributed by atoms with Crippen molar-refractivity contribution in [1.29, 1.82) is 0 Å². The summed E-state index contributed by atoms with van der Waals surface area (Å²) in [7, 11) is 0. The van der Waals surface area contributed by atoms with Crippen molar-refractivity contribution in [3.8, 4) is 0 Å². The molecule has 1 unspecified atom stereocenters. The summed E-state index contributed by atoms with van der Waals surface area (Å²) in [4.78, 5) is 27.3. The third kappa shape index (κ3) is 2.81. The third-order valence-corrected chi connectivity index (χ3v) is 2.78. The Morgan fingerprint density at radius 3 is 2.89 bits per heavy atom. The average molecular weight is 261 g/mol. The quantitative estimate of drug-likeness (QED) is 0.787. The summed E-state index contributed by atoms with van der Waals surface area (Å²) < 4.78 is 4.97. The first-order valence-electron chi connectivity index (χ1n) is 6.08. The lowest BCUT2D eigenvalue weighted by atomic mass is 9.90. The molecule has 0 aromatic carbocycles. The number of carbonyl (C=O) groups excluding carboxylic acids is 2. The summed E-state index contributed by atoms with van der Waals surface area (Å²) >= 11 is 0. The monoisotopic (exact) mass is 261 g/mol. The molecule has 0 saturated heterocycles. The van der Waals surface area contributed by atoms with Crippen molar-refractivity contribution in [2.45, 2.75) is 26.4 Å². The van der Waals surface area contributed by atoms with Crippen molar-refractivity contribution < 1.29 is 19.4 Å². The first kappa shape index (κ1) is 13.3. The topological polar surface area (TPSA) is 76.0 Å². The molecule has 0 saturated carbocycles. The van der Waals surface area contributed by atoms with Gasteiger partial charge in [-0.15, -0.1) is 0 Å². The Morgan fingerprint density at radius 2 is 2.21 bits per heavy atom. The second kappa shape index (κ2) is 5.22. The van der Waals surface area contributed by atoms with Gasteiger partial charge in [0.1, 0.15) is 5.76 Å². The largest absolute Gasteiger partial charge is 0.511 e. The van der Waals surface area contributed by atoms with E-state index in [0.29, 0.717) is 5.71 Å². The fourth-order valence-electron chi connectivity index (χ4n) is 1.97.